The van der Waals surface area contributed by atoms with Crippen LogP contribution < -0.4 is 16.2 Å². The highest BCUT2D eigenvalue weighted by atomic mass is 16.5. The second kappa shape index (κ2) is 6.18. The van der Waals surface area contributed by atoms with Crippen molar-refractivity contribution < 1.29 is 4.74 Å². The van der Waals surface area contributed by atoms with E-state index in [0.717, 1.165) is 5.56 Å². The molecular formula is C12H14N4O. The second-order valence-corrected chi connectivity index (χ2v) is 3.24. The summed E-state index contributed by atoms with van der Waals surface area (Å²) in [5.41, 5.74) is 11.8. The Balaban J connectivity index is 2.77. The topological polar surface area (TPSA) is 86.0 Å². The molecule has 0 saturated carbocycles. The molecule has 0 bridgehead atoms. The van der Waals surface area contributed by atoms with Gasteiger partial charge in [-0.15, -0.1) is 16.6 Å². The average Bonchev–Trinajstić information content (AvgIpc) is 2.34. The van der Waals surface area contributed by atoms with Crippen molar-refractivity contribution in [3.63, 3.8) is 0 Å². The van der Waals surface area contributed by atoms with Crippen LogP contribution >= 0.6 is 0 Å². The van der Waals surface area contributed by atoms with Crippen molar-refractivity contribution in [3.05, 3.63) is 29.8 Å². The predicted molar refractivity (Wildman–Crippen MR) is 68.8 cm³/mol. The number of terminal acetylenes is 1. The Bertz CT molecular complexity index is 464. The molecule has 0 aliphatic rings. The second-order valence-electron chi connectivity index (χ2n) is 3.24. The molecule has 0 radical (unpaired) electrons. The number of nitrogens with two attached hydrogens (primary N) is 2. The molecule has 0 aliphatic carbocycles. The largest absolute Gasteiger partial charge is 0.481 e. The smallest absolute Gasteiger partial charge is 0.153 e. The molecule has 0 heterocycles. The van der Waals surface area contributed by atoms with Gasteiger partial charge in [-0.2, -0.15) is 0 Å². The van der Waals surface area contributed by atoms with E-state index in [1.807, 2.05) is 0 Å². The Morgan fingerprint density at radius 2 is 1.94 bits per heavy atom. The Morgan fingerprint density at radius 3 is 2.47 bits per heavy atom. The number of rotatable bonds is 4. The van der Waals surface area contributed by atoms with Gasteiger partial charge in [0, 0.05) is 5.56 Å². The minimum atomic E-state index is 0.236. The lowest BCUT2D eigenvalue weighted by atomic mass is 10.2. The normalized spacial score (nSPS) is 12.0. The standard InChI is InChI=1S/C12H14N4O/c1-3-8-17-11-6-4-10(5-7-11)12(14)16-15-9(2)13/h1,4-7H,8H2,2H3,(H2,13,15)(H2,14,16). The molecule has 0 aromatic heterocycles. The molecule has 4 N–H and O–H groups in total. The summed E-state index contributed by atoms with van der Waals surface area (Å²) in [6.45, 7) is 1.87. The fourth-order valence-corrected chi connectivity index (χ4v) is 1.04. The third-order valence-corrected chi connectivity index (χ3v) is 1.79. The summed E-state index contributed by atoms with van der Waals surface area (Å²) in [5.74, 6) is 3.70. The zero-order valence-electron chi connectivity index (χ0n) is 9.55. The van der Waals surface area contributed by atoms with E-state index in [-0.39, 0.29) is 6.61 Å². The minimum Gasteiger partial charge on any atom is -0.481 e. The first-order chi connectivity index (χ1) is 8.13. The molecule has 17 heavy (non-hydrogen) atoms. The fourth-order valence-electron chi connectivity index (χ4n) is 1.04. The molecule has 88 valence electrons. The van der Waals surface area contributed by atoms with E-state index in [2.05, 4.69) is 16.1 Å². The summed E-state index contributed by atoms with van der Waals surface area (Å²) in [4.78, 5) is 0. The molecule has 1 aromatic rings. The van der Waals surface area contributed by atoms with Crippen molar-refractivity contribution >= 4 is 11.7 Å². The van der Waals surface area contributed by atoms with Crippen molar-refractivity contribution in [1.29, 1.82) is 0 Å². The van der Waals surface area contributed by atoms with Crippen LogP contribution in [0.4, 0.5) is 0 Å². The van der Waals surface area contributed by atoms with Gasteiger partial charge in [0.15, 0.2) is 5.84 Å². The zero-order chi connectivity index (χ0) is 12.7. The molecule has 1 rings (SSSR count). The third kappa shape index (κ3) is 4.26. The first-order valence-corrected chi connectivity index (χ1v) is 4.93. The molecule has 0 spiro atoms. The van der Waals surface area contributed by atoms with Crippen molar-refractivity contribution in [3.8, 4) is 18.1 Å². The maximum atomic E-state index is 5.71. The van der Waals surface area contributed by atoms with E-state index in [1.54, 1.807) is 31.2 Å². The summed E-state index contributed by atoms with van der Waals surface area (Å²) in [6, 6.07) is 7.06. The van der Waals surface area contributed by atoms with Gasteiger partial charge in [0.05, 0.1) is 0 Å². The van der Waals surface area contributed by atoms with Crippen LogP contribution in [0.5, 0.6) is 5.75 Å². The molecule has 5 heteroatoms. The van der Waals surface area contributed by atoms with E-state index in [4.69, 9.17) is 22.6 Å². The number of amidine groups is 2. The Hall–Kier alpha value is -2.48. The Morgan fingerprint density at radius 1 is 1.29 bits per heavy atom. The molecule has 0 aliphatic heterocycles. The van der Waals surface area contributed by atoms with Crippen molar-refractivity contribution in [1.82, 2.24) is 0 Å². The van der Waals surface area contributed by atoms with Crippen LogP contribution in [-0.2, 0) is 0 Å². The molecule has 0 atom stereocenters. The molecule has 5 nitrogen and oxygen atoms in total. The monoisotopic (exact) mass is 230 g/mol. The van der Waals surface area contributed by atoms with Gasteiger partial charge in [0.2, 0.25) is 0 Å². The summed E-state index contributed by atoms with van der Waals surface area (Å²) in [5, 5.41) is 7.44. The maximum absolute atomic E-state index is 5.71. The van der Waals surface area contributed by atoms with Crippen LogP contribution in [0.2, 0.25) is 0 Å². The van der Waals surface area contributed by atoms with Crippen LogP contribution in [-0.4, -0.2) is 18.3 Å². The third-order valence-electron chi connectivity index (χ3n) is 1.79. The summed E-state index contributed by atoms with van der Waals surface area (Å²) >= 11 is 0. The summed E-state index contributed by atoms with van der Waals surface area (Å²) in [7, 11) is 0. The average molecular weight is 230 g/mol. The molecule has 0 unspecified atom stereocenters. The first-order valence-electron chi connectivity index (χ1n) is 4.93. The Kier molecular flexibility index (Phi) is 4.58. The van der Waals surface area contributed by atoms with E-state index < -0.39 is 0 Å². The van der Waals surface area contributed by atoms with Gasteiger partial charge in [0.25, 0.3) is 0 Å². The van der Waals surface area contributed by atoms with E-state index in [9.17, 15) is 0 Å². The van der Waals surface area contributed by atoms with Gasteiger partial charge < -0.3 is 16.2 Å². The number of nitrogens with zero attached hydrogens (tertiary/aromatic N) is 2. The number of hydrogen-bond donors (Lipinski definition) is 2. The van der Waals surface area contributed by atoms with Gasteiger partial charge >= 0.3 is 0 Å². The van der Waals surface area contributed by atoms with Crippen LogP contribution in [0.25, 0.3) is 0 Å². The van der Waals surface area contributed by atoms with Gasteiger partial charge in [0.1, 0.15) is 18.2 Å². The zero-order valence-corrected chi connectivity index (χ0v) is 9.55. The predicted octanol–water partition coefficient (Wildman–Crippen LogP) is 0.696. The van der Waals surface area contributed by atoms with Crippen LogP contribution in [0, 0.1) is 12.3 Å². The van der Waals surface area contributed by atoms with Gasteiger partial charge in [-0.3, -0.25) is 0 Å². The molecule has 0 amide bonds. The van der Waals surface area contributed by atoms with Crippen LogP contribution in [0.15, 0.2) is 34.5 Å². The molecule has 0 fully saturated rings. The van der Waals surface area contributed by atoms with Gasteiger partial charge in [-0.05, 0) is 31.2 Å². The molecule has 1 aromatic carbocycles. The van der Waals surface area contributed by atoms with Crippen molar-refractivity contribution in [2.24, 2.45) is 21.7 Å². The molecule has 0 saturated heterocycles. The van der Waals surface area contributed by atoms with Crippen LogP contribution in [0.3, 0.4) is 0 Å². The van der Waals surface area contributed by atoms with Crippen LogP contribution in [0.1, 0.15) is 12.5 Å². The SMILES string of the molecule is C#CCOc1ccc(/C(N)=N/N=C(/C)N)cc1. The van der Waals surface area contributed by atoms with Crippen molar-refractivity contribution in [2.45, 2.75) is 6.92 Å². The number of benzene rings is 1. The van der Waals surface area contributed by atoms with Crippen molar-refractivity contribution in [2.75, 3.05) is 6.61 Å². The summed E-state index contributed by atoms with van der Waals surface area (Å²) < 4.78 is 5.22. The minimum absolute atomic E-state index is 0.236. The van der Waals surface area contributed by atoms with E-state index >= 15 is 0 Å². The lowest BCUT2D eigenvalue weighted by Crippen LogP contribution is -2.13. The lowest BCUT2D eigenvalue weighted by molar-refractivity contribution is 0.370. The highest BCUT2D eigenvalue weighted by molar-refractivity contribution is 5.97. The maximum Gasteiger partial charge on any atom is 0.153 e. The van der Waals surface area contributed by atoms with E-state index in [0.29, 0.717) is 17.4 Å². The van der Waals surface area contributed by atoms with Gasteiger partial charge in [-0.1, -0.05) is 5.92 Å². The quantitative estimate of drug-likeness (QED) is 0.345. The van der Waals surface area contributed by atoms with E-state index in [1.165, 1.54) is 0 Å². The Labute approximate surface area is 100 Å². The first kappa shape index (κ1) is 12.6. The fraction of sp³-hybridized carbons (Fsp3) is 0.167. The number of ether oxygens (including phenoxy) is 1. The number of hydrogen-bond acceptors (Lipinski definition) is 3. The van der Waals surface area contributed by atoms with Gasteiger partial charge in [-0.25, -0.2) is 0 Å². The highest BCUT2D eigenvalue weighted by Crippen LogP contribution is 2.11. The highest BCUT2D eigenvalue weighted by Gasteiger charge is 1.99. The molecular weight excluding hydrogens is 216 g/mol. The lowest BCUT2D eigenvalue weighted by Gasteiger charge is -2.03. The summed E-state index contributed by atoms with van der Waals surface area (Å²) in [6.07, 6.45) is 5.08.